The number of alkyl halides is 3. The molecule has 1 aromatic rings. The minimum absolute atomic E-state index is 0. The predicted octanol–water partition coefficient (Wildman–Crippen LogP) is -3.11. The Balaban J connectivity index is 0.00000169. The van der Waals surface area contributed by atoms with Gasteiger partial charge in [0.25, 0.3) is 5.69 Å². The smallest absolute Gasteiger partial charge is 0.539 e. The number of carboxylic acids is 1. The molecule has 0 radical (unpaired) electrons. The number of carbonyl (C=O) groups is 1. The fourth-order valence-electron chi connectivity index (χ4n) is 0.753. The molecule has 0 aromatic carbocycles. The first-order chi connectivity index (χ1) is 5.91. The van der Waals surface area contributed by atoms with Gasteiger partial charge in [0.2, 0.25) is 5.69 Å². The first-order valence-electron chi connectivity index (χ1n) is 3.22. The van der Waals surface area contributed by atoms with Crippen LogP contribution in [0.25, 0.3) is 0 Å². The van der Waals surface area contributed by atoms with Gasteiger partial charge in [0.05, 0.1) is 0 Å². The summed E-state index contributed by atoms with van der Waals surface area (Å²) in [5.74, 6) is -1.67. The van der Waals surface area contributed by atoms with Crippen molar-refractivity contribution >= 4 is 5.97 Å². The summed E-state index contributed by atoms with van der Waals surface area (Å²) >= 11 is 0. The van der Waals surface area contributed by atoms with Gasteiger partial charge >= 0.3 is 25.0 Å². The molecule has 7 heteroatoms. The van der Waals surface area contributed by atoms with Crippen LogP contribution in [0.4, 0.5) is 13.2 Å². The van der Waals surface area contributed by atoms with Crippen LogP contribution in [0.1, 0.15) is 16.2 Å². The summed E-state index contributed by atoms with van der Waals surface area (Å²) in [4.78, 5) is 11.9. The van der Waals surface area contributed by atoms with Gasteiger partial charge in [-0.25, -0.2) is 0 Å². The predicted molar refractivity (Wildman–Crippen MR) is 32.3 cm³/mol. The topological polar surface area (TPSA) is 54.3 Å². The number of rotatable bonds is 1. The summed E-state index contributed by atoms with van der Waals surface area (Å²) in [5, 5.41) is 10.2. The van der Waals surface area contributed by atoms with Crippen molar-refractivity contribution < 1.29 is 46.9 Å². The minimum Gasteiger partial charge on any atom is -0.539 e. The van der Waals surface area contributed by atoms with E-state index < -0.39 is 23.5 Å². The normalized spacial score (nSPS) is 10.5. The molecule has 0 fully saturated rings. The third-order valence-corrected chi connectivity index (χ3v) is 1.32. The Bertz CT molecular complexity index is 340. The number of H-pyrrole nitrogens is 1. The first-order valence-corrected chi connectivity index (χ1v) is 3.22. The summed E-state index contributed by atoms with van der Waals surface area (Å²) in [5.41, 5.74) is -1.72. The van der Waals surface area contributed by atoms with E-state index in [0.29, 0.717) is 0 Å². The van der Waals surface area contributed by atoms with Crippen LogP contribution in [0.5, 0.6) is 0 Å². The second kappa shape index (κ2) is 4.49. The van der Waals surface area contributed by atoms with Gasteiger partial charge in [0.15, 0.2) is 0 Å². The van der Waals surface area contributed by atoms with Crippen molar-refractivity contribution in [1.82, 2.24) is 0 Å². The second-order valence-electron chi connectivity index (χ2n) is 2.26. The van der Waals surface area contributed by atoms with E-state index in [4.69, 9.17) is 0 Å². The van der Waals surface area contributed by atoms with Crippen LogP contribution < -0.4 is 29.0 Å². The molecular formula is C7H4F3LiNO2+. The van der Waals surface area contributed by atoms with E-state index in [1.807, 2.05) is 0 Å². The van der Waals surface area contributed by atoms with Gasteiger partial charge < -0.3 is 9.90 Å². The molecule has 3 nitrogen and oxygen atoms in total. The van der Waals surface area contributed by atoms with Crippen LogP contribution in [0.3, 0.4) is 0 Å². The zero-order chi connectivity index (χ0) is 10.1. The van der Waals surface area contributed by atoms with E-state index in [9.17, 15) is 23.1 Å². The maximum absolute atomic E-state index is 12.0. The van der Waals surface area contributed by atoms with Crippen molar-refractivity contribution in [2.24, 2.45) is 0 Å². The molecule has 14 heavy (non-hydrogen) atoms. The standard InChI is InChI=1S/C7H4F3NO2.Li/c8-7(9,10)5-3-1-2-4(11-5)6(12)13;/h1-3H,(H,12,13);/q;+1. The summed E-state index contributed by atoms with van der Waals surface area (Å²) in [6.45, 7) is 0. The molecule has 0 spiro atoms. The molecule has 0 bridgehead atoms. The molecule has 0 aliphatic carbocycles. The number of carbonyl (C=O) groups excluding carboxylic acids is 1. The Labute approximate surface area is 89.1 Å². The summed E-state index contributed by atoms with van der Waals surface area (Å²) < 4.78 is 36.0. The fraction of sp³-hybridized carbons (Fsp3) is 0.143. The van der Waals surface area contributed by atoms with Gasteiger partial charge in [-0.2, -0.15) is 18.2 Å². The van der Waals surface area contributed by atoms with Gasteiger partial charge in [-0.1, -0.05) is 0 Å². The van der Waals surface area contributed by atoms with Crippen molar-refractivity contribution in [3.63, 3.8) is 0 Å². The van der Waals surface area contributed by atoms with Crippen LogP contribution in [0.2, 0.25) is 0 Å². The van der Waals surface area contributed by atoms with Crippen LogP contribution in [0, 0.1) is 0 Å². The van der Waals surface area contributed by atoms with E-state index in [2.05, 4.69) is 0 Å². The molecule has 1 N–H and O–H groups in total. The number of hydrogen-bond donors (Lipinski definition) is 0. The molecule has 0 unspecified atom stereocenters. The van der Waals surface area contributed by atoms with Gasteiger partial charge in [0, 0.05) is 12.1 Å². The van der Waals surface area contributed by atoms with Crippen molar-refractivity contribution in [2.45, 2.75) is 6.18 Å². The molecule has 1 aromatic heterocycles. The fourth-order valence-corrected chi connectivity index (χ4v) is 0.753. The SMILES string of the molecule is O=C([O-])c1cccc(C(F)(F)F)[nH+]1.[Li+]. The molecule has 0 atom stereocenters. The zero-order valence-corrected chi connectivity index (χ0v) is 7.18. The number of carboxylic acid groups (broad SMARTS) is 1. The van der Waals surface area contributed by atoms with Crippen LogP contribution in [-0.4, -0.2) is 5.97 Å². The van der Waals surface area contributed by atoms with Crippen molar-refractivity contribution in [1.29, 1.82) is 0 Å². The number of hydrogen-bond acceptors (Lipinski definition) is 2. The average Bonchev–Trinajstić information content (AvgIpc) is 2.03. The molecule has 0 saturated carbocycles. The molecule has 70 valence electrons. The van der Waals surface area contributed by atoms with Crippen LogP contribution >= 0.6 is 0 Å². The number of nitrogens with one attached hydrogen (secondary N) is 1. The second-order valence-corrected chi connectivity index (χ2v) is 2.26. The molecule has 0 aliphatic heterocycles. The molecule has 1 rings (SSSR count). The van der Waals surface area contributed by atoms with E-state index in [1.54, 1.807) is 4.98 Å². The third-order valence-electron chi connectivity index (χ3n) is 1.32. The Hall–Kier alpha value is -0.993. The largest absolute Gasteiger partial charge is 1.00 e. The first kappa shape index (κ1) is 13.0. The maximum atomic E-state index is 12.0. The van der Waals surface area contributed by atoms with Gasteiger partial charge in [-0.3, -0.25) is 0 Å². The molecular weight excluding hydrogens is 194 g/mol. The summed E-state index contributed by atoms with van der Waals surface area (Å²) in [7, 11) is 0. The van der Waals surface area contributed by atoms with Crippen molar-refractivity contribution in [3.05, 3.63) is 29.6 Å². The van der Waals surface area contributed by atoms with E-state index in [0.717, 1.165) is 18.2 Å². The van der Waals surface area contributed by atoms with E-state index in [1.165, 1.54) is 0 Å². The zero-order valence-electron chi connectivity index (χ0n) is 7.18. The average molecular weight is 198 g/mol. The van der Waals surface area contributed by atoms with Gasteiger partial charge in [-0.05, 0) is 6.07 Å². The van der Waals surface area contributed by atoms with Crippen LogP contribution in [0.15, 0.2) is 18.2 Å². The van der Waals surface area contributed by atoms with Crippen molar-refractivity contribution in [3.8, 4) is 0 Å². The minimum atomic E-state index is -4.58. The number of pyridine rings is 1. The third kappa shape index (κ3) is 3.05. The Morgan fingerprint density at radius 3 is 2.36 bits per heavy atom. The quantitative estimate of drug-likeness (QED) is 0.448. The number of halogens is 3. The summed E-state index contributed by atoms with van der Waals surface area (Å²) in [6, 6.07) is 2.72. The monoisotopic (exact) mass is 198 g/mol. The van der Waals surface area contributed by atoms with Crippen LogP contribution in [-0.2, 0) is 6.18 Å². The molecule has 0 aliphatic rings. The number of aromatic carboxylic acids is 1. The van der Waals surface area contributed by atoms with E-state index in [-0.39, 0.29) is 18.9 Å². The maximum Gasteiger partial charge on any atom is 1.00 e. The number of aromatic amines is 1. The van der Waals surface area contributed by atoms with Crippen molar-refractivity contribution in [2.75, 3.05) is 0 Å². The Morgan fingerprint density at radius 1 is 1.36 bits per heavy atom. The Kier molecular flexibility index (Phi) is 4.17. The van der Waals surface area contributed by atoms with E-state index >= 15 is 0 Å². The Morgan fingerprint density at radius 2 is 1.93 bits per heavy atom. The molecule has 1 heterocycles. The van der Waals surface area contributed by atoms with Gasteiger partial charge in [0.1, 0.15) is 5.97 Å². The molecule has 0 amide bonds. The molecule has 0 saturated heterocycles. The summed E-state index contributed by atoms with van der Waals surface area (Å²) in [6.07, 6.45) is -4.58. The number of aromatic nitrogens is 1. The van der Waals surface area contributed by atoms with Gasteiger partial charge in [-0.15, -0.1) is 0 Å².